The van der Waals surface area contributed by atoms with Gasteiger partial charge in [0, 0.05) is 22.5 Å². The van der Waals surface area contributed by atoms with Crippen LogP contribution in [0.2, 0.25) is 0 Å². The number of nitrogen functional groups attached to an aromatic ring is 1. The summed E-state index contributed by atoms with van der Waals surface area (Å²) in [4.78, 5) is 8.65. The van der Waals surface area contributed by atoms with Crippen LogP contribution in [-0.2, 0) is 13.0 Å². The minimum Gasteiger partial charge on any atom is -0.473 e. The lowest BCUT2D eigenvalue weighted by molar-refractivity contribution is 0.291. The molecule has 0 aliphatic carbocycles. The van der Waals surface area contributed by atoms with E-state index in [9.17, 15) is 0 Å². The highest BCUT2D eigenvalue weighted by molar-refractivity contribution is 9.10. The monoisotopic (exact) mass is 336 g/mol. The highest BCUT2D eigenvalue weighted by Crippen LogP contribution is 2.19. The maximum atomic E-state index is 5.73. The van der Waals surface area contributed by atoms with Crippen molar-refractivity contribution in [3.63, 3.8) is 0 Å². The van der Waals surface area contributed by atoms with Crippen molar-refractivity contribution in [3.8, 4) is 5.88 Å². The molecule has 0 saturated carbocycles. The van der Waals surface area contributed by atoms with Crippen LogP contribution >= 0.6 is 15.9 Å². The lowest BCUT2D eigenvalue weighted by Gasteiger charge is -2.10. The zero-order chi connectivity index (χ0) is 14.4. The average Bonchev–Trinajstić information content (AvgIpc) is 2.46. The zero-order valence-electron chi connectivity index (χ0n) is 11.3. The molecule has 0 atom stereocenters. The van der Waals surface area contributed by atoms with Gasteiger partial charge in [-0.1, -0.05) is 41.1 Å². The molecule has 1 aromatic carbocycles. The number of hydrazine groups is 1. The van der Waals surface area contributed by atoms with E-state index in [1.165, 1.54) is 0 Å². The predicted molar refractivity (Wildman–Crippen MR) is 82.3 cm³/mol. The Kier molecular flexibility index (Phi) is 5.31. The number of ether oxygens (including phenoxy) is 1. The molecule has 5 nitrogen and oxygen atoms in total. The molecule has 106 valence electrons. The predicted octanol–water partition coefficient (Wildman–Crippen LogP) is 3.06. The number of nitrogens with one attached hydrogen (secondary N) is 1. The molecule has 0 bridgehead atoms. The van der Waals surface area contributed by atoms with Gasteiger partial charge < -0.3 is 10.2 Å². The van der Waals surface area contributed by atoms with Crippen molar-refractivity contribution in [2.45, 2.75) is 26.4 Å². The van der Waals surface area contributed by atoms with E-state index in [2.05, 4.69) is 38.2 Å². The SMILES string of the molecule is CCCc1nc(NN)cc(OCc2ccccc2Br)n1. The minimum absolute atomic E-state index is 0.439. The third kappa shape index (κ3) is 3.91. The minimum atomic E-state index is 0.439. The number of nitrogens with zero attached hydrogens (tertiary/aromatic N) is 2. The first-order valence-electron chi connectivity index (χ1n) is 6.43. The zero-order valence-corrected chi connectivity index (χ0v) is 12.9. The van der Waals surface area contributed by atoms with E-state index in [1.54, 1.807) is 6.07 Å². The Balaban J connectivity index is 2.12. The highest BCUT2D eigenvalue weighted by atomic mass is 79.9. The molecule has 1 aromatic heterocycles. The molecule has 0 fully saturated rings. The van der Waals surface area contributed by atoms with Crippen molar-refractivity contribution >= 4 is 21.7 Å². The molecule has 0 amide bonds. The number of anilines is 1. The first-order valence-corrected chi connectivity index (χ1v) is 7.23. The summed E-state index contributed by atoms with van der Waals surface area (Å²) in [5, 5.41) is 0. The standard InChI is InChI=1S/C14H17BrN4O/c1-2-5-12-17-13(19-16)8-14(18-12)20-9-10-6-3-4-7-11(10)15/h3-4,6-8H,2,5,9,16H2,1H3,(H,17,18,19). The maximum absolute atomic E-state index is 5.73. The van der Waals surface area contributed by atoms with Crippen molar-refractivity contribution in [1.82, 2.24) is 9.97 Å². The fraction of sp³-hybridized carbons (Fsp3) is 0.286. The number of aryl methyl sites for hydroxylation is 1. The molecule has 0 radical (unpaired) electrons. The van der Waals surface area contributed by atoms with Gasteiger partial charge in [-0.05, 0) is 12.5 Å². The molecule has 0 unspecified atom stereocenters. The van der Waals surface area contributed by atoms with Gasteiger partial charge in [0.15, 0.2) is 0 Å². The van der Waals surface area contributed by atoms with E-state index < -0.39 is 0 Å². The second-order valence-electron chi connectivity index (χ2n) is 4.28. The summed E-state index contributed by atoms with van der Waals surface area (Å²) >= 11 is 3.49. The van der Waals surface area contributed by atoms with Crippen molar-refractivity contribution in [1.29, 1.82) is 0 Å². The van der Waals surface area contributed by atoms with Gasteiger partial charge in [-0.3, -0.25) is 0 Å². The molecule has 3 N–H and O–H groups in total. The fourth-order valence-corrected chi connectivity index (χ4v) is 2.12. The van der Waals surface area contributed by atoms with Crippen molar-refractivity contribution in [2.75, 3.05) is 5.43 Å². The molecule has 0 aliphatic rings. The van der Waals surface area contributed by atoms with Crippen LogP contribution in [0.1, 0.15) is 24.7 Å². The number of hydrogen-bond donors (Lipinski definition) is 2. The molecule has 2 rings (SSSR count). The summed E-state index contributed by atoms with van der Waals surface area (Å²) in [7, 11) is 0. The number of halogens is 1. The number of hydrogen-bond acceptors (Lipinski definition) is 5. The molecule has 0 aliphatic heterocycles. The van der Waals surface area contributed by atoms with E-state index in [0.717, 1.165) is 28.7 Å². The summed E-state index contributed by atoms with van der Waals surface area (Å²) in [5.74, 6) is 7.22. The number of nitrogens with two attached hydrogens (primary N) is 1. The van der Waals surface area contributed by atoms with E-state index in [1.807, 2.05) is 24.3 Å². The quantitative estimate of drug-likeness (QED) is 0.626. The Labute approximate surface area is 126 Å². The van der Waals surface area contributed by atoms with Crippen LogP contribution in [0, 0.1) is 0 Å². The smallest absolute Gasteiger partial charge is 0.219 e. The average molecular weight is 337 g/mol. The fourth-order valence-electron chi connectivity index (χ4n) is 1.72. The Morgan fingerprint density at radius 2 is 2.10 bits per heavy atom. The van der Waals surface area contributed by atoms with Crippen molar-refractivity contribution in [2.24, 2.45) is 5.84 Å². The summed E-state index contributed by atoms with van der Waals surface area (Å²) in [6.07, 6.45) is 1.76. The topological polar surface area (TPSA) is 73.1 Å². The van der Waals surface area contributed by atoms with Gasteiger partial charge in [0.25, 0.3) is 0 Å². The summed E-state index contributed by atoms with van der Waals surface area (Å²) in [6.45, 7) is 2.52. The second-order valence-corrected chi connectivity index (χ2v) is 5.14. The number of rotatable bonds is 6. The first kappa shape index (κ1) is 14.7. The lowest BCUT2D eigenvalue weighted by Crippen LogP contribution is -2.11. The maximum Gasteiger partial charge on any atom is 0.219 e. The van der Waals surface area contributed by atoms with Crippen LogP contribution in [0.3, 0.4) is 0 Å². The molecule has 0 spiro atoms. The van der Waals surface area contributed by atoms with Crippen LogP contribution in [-0.4, -0.2) is 9.97 Å². The van der Waals surface area contributed by atoms with E-state index in [-0.39, 0.29) is 0 Å². The third-order valence-corrected chi connectivity index (χ3v) is 3.48. The van der Waals surface area contributed by atoms with E-state index in [0.29, 0.717) is 18.3 Å². The van der Waals surface area contributed by atoms with Gasteiger partial charge in [0.2, 0.25) is 5.88 Å². The van der Waals surface area contributed by atoms with E-state index in [4.69, 9.17) is 10.6 Å². The Morgan fingerprint density at radius 1 is 1.30 bits per heavy atom. The largest absolute Gasteiger partial charge is 0.473 e. The highest BCUT2D eigenvalue weighted by Gasteiger charge is 2.06. The number of aromatic nitrogens is 2. The molecule has 6 heteroatoms. The summed E-state index contributed by atoms with van der Waals surface area (Å²) < 4.78 is 6.74. The van der Waals surface area contributed by atoms with Gasteiger partial charge in [0.05, 0.1) is 0 Å². The van der Waals surface area contributed by atoms with Crippen LogP contribution in [0.4, 0.5) is 5.82 Å². The number of benzene rings is 1. The third-order valence-electron chi connectivity index (χ3n) is 2.70. The molecule has 0 saturated heterocycles. The van der Waals surface area contributed by atoms with Crippen LogP contribution < -0.4 is 16.0 Å². The second kappa shape index (κ2) is 7.21. The van der Waals surface area contributed by atoms with Gasteiger partial charge in [-0.2, -0.15) is 4.98 Å². The summed E-state index contributed by atoms with van der Waals surface area (Å²) in [6, 6.07) is 9.61. The van der Waals surface area contributed by atoms with Gasteiger partial charge in [-0.15, -0.1) is 0 Å². The van der Waals surface area contributed by atoms with Gasteiger partial charge in [-0.25, -0.2) is 10.8 Å². The Bertz CT molecular complexity index is 577. The lowest BCUT2D eigenvalue weighted by atomic mass is 10.2. The molecular formula is C14H17BrN4O. The first-order chi connectivity index (χ1) is 9.72. The van der Waals surface area contributed by atoms with E-state index >= 15 is 0 Å². The Hall–Kier alpha value is -1.66. The van der Waals surface area contributed by atoms with Crippen LogP contribution in [0.5, 0.6) is 5.88 Å². The van der Waals surface area contributed by atoms with Gasteiger partial charge >= 0.3 is 0 Å². The normalized spacial score (nSPS) is 10.3. The molecule has 20 heavy (non-hydrogen) atoms. The van der Waals surface area contributed by atoms with Crippen molar-refractivity contribution < 1.29 is 4.74 Å². The van der Waals surface area contributed by atoms with Crippen LogP contribution in [0.15, 0.2) is 34.8 Å². The molecular weight excluding hydrogens is 320 g/mol. The van der Waals surface area contributed by atoms with Gasteiger partial charge in [0.1, 0.15) is 18.2 Å². The summed E-state index contributed by atoms with van der Waals surface area (Å²) in [5.41, 5.74) is 3.60. The van der Waals surface area contributed by atoms with Crippen LogP contribution in [0.25, 0.3) is 0 Å². The molecule has 2 aromatic rings. The Morgan fingerprint density at radius 3 is 2.80 bits per heavy atom. The molecule has 1 heterocycles. The van der Waals surface area contributed by atoms with Crippen molar-refractivity contribution in [3.05, 3.63) is 46.2 Å².